The Morgan fingerprint density at radius 3 is 2.71 bits per heavy atom. The zero-order valence-electron chi connectivity index (χ0n) is 18.8. The lowest BCUT2D eigenvalue weighted by atomic mass is 10.1. The minimum absolute atomic E-state index is 0.202. The van der Waals surface area contributed by atoms with E-state index in [-0.39, 0.29) is 11.9 Å². The van der Waals surface area contributed by atoms with Crippen molar-refractivity contribution < 1.29 is 4.79 Å². The highest BCUT2D eigenvalue weighted by molar-refractivity contribution is 6.31. The number of rotatable bonds is 4. The van der Waals surface area contributed by atoms with Crippen LogP contribution in [0, 0.1) is 30.1 Å². The molecule has 1 aromatic carbocycles. The summed E-state index contributed by atoms with van der Waals surface area (Å²) in [5.41, 5.74) is 4.80. The number of nitriles is 1. The van der Waals surface area contributed by atoms with Crippen LogP contribution >= 0.6 is 11.6 Å². The first-order chi connectivity index (χ1) is 16.4. The third-order valence-electron chi connectivity index (χ3n) is 5.35. The average molecular weight is 469 g/mol. The molecule has 168 valence electrons. The molecule has 1 atom stereocenters. The molecule has 1 amide bonds. The number of benzene rings is 1. The fourth-order valence-electron chi connectivity index (χ4n) is 3.43. The minimum Gasteiger partial charge on any atom is -0.309 e. The molecule has 4 rings (SSSR count). The molecule has 0 bridgehead atoms. The second-order valence-electron chi connectivity index (χ2n) is 7.62. The van der Waals surface area contributed by atoms with Gasteiger partial charge in [-0.3, -0.25) is 9.20 Å². The largest absolute Gasteiger partial charge is 0.309 e. The monoisotopic (exact) mass is 468 g/mol. The molecule has 0 saturated heterocycles. The van der Waals surface area contributed by atoms with Crippen LogP contribution in [0.1, 0.15) is 29.4 Å². The highest BCUT2D eigenvalue weighted by Crippen LogP contribution is 2.28. The summed E-state index contributed by atoms with van der Waals surface area (Å²) in [5, 5.41) is 15.2. The van der Waals surface area contributed by atoms with Crippen molar-refractivity contribution in [2.45, 2.75) is 19.9 Å². The molecule has 0 aliphatic rings. The van der Waals surface area contributed by atoms with Gasteiger partial charge in [-0.05, 0) is 69.3 Å². The van der Waals surface area contributed by atoms with Crippen molar-refractivity contribution in [2.75, 3.05) is 12.4 Å². The first kappa shape index (κ1) is 23.0. The number of nitrogens with zero attached hydrogens (tertiary/aromatic N) is 4. The number of carbonyl (C=O) groups is 1. The summed E-state index contributed by atoms with van der Waals surface area (Å²) in [4.78, 5) is 21.7. The second-order valence-corrected chi connectivity index (χ2v) is 8.03. The van der Waals surface area contributed by atoms with Crippen LogP contribution in [0.4, 0.5) is 5.82 Å². The van der Waals surface area contributed by atoms with Gasteiger partial charge in [0.1, 0.15) is 23.2 Å². The number of hydrogen-bond donors (Lipinski definition) is 2. The van der Waals surface area contributed by atoms with E-state index in [1.165, 1.54) is 0 Å². The number of imidazole rings is 1. The number of amides is 1. The number of hydrogen-bond acceptors (Lipinski definition) is 5. The Hall–Kier alpha value is -4.17. The van der Waals surface area contributed by atoms with Crippen molar-refractivity contribution in [1.82, 2.24) is 19.7 Å². The summed E-state index contributed by atoms with van der Waals surface area (Å²) >= 11 is 6.16. The molecule has 3 aromatic heterocycles. The van der Waals surface area contributed by atoms with Crippen LogP contribution in [0.15, 0.2) is 54.7 Å². The lowest BCUT2D eigenvalue weighted by Gasteiger charge is -2.12. The highest BCUT2D eigenvalue weighted by Gasteiger charge is 2.17. The summed E-state index contributed by atoms with van der Waals surface area (Å²) < 4.78 is 1.98. The van der Waals surface area contributed by atoms with Gasteiger partial charge in [-0.15, -0.1) is 0 Å². The summed E-state index contributed by atoms with van der Waals surface area (Å²) in [6.45, 7) is 3.70. The fraction of sp³-hybridized carbons (Fsp3) is 0.154. The normalized spacial score (nSPS) is 11.4. The summed E-state index contributed by atoms with van der Waals surface area (Å²) in [5.74, 6) is 6.39. The summed E-state index contributed by atoms with van der Waals surface area (Å²) in [7, 11) is 1.72. The van der Waals surface area contributed by atoms with Crippen LogP contribution in [0.25, 0.3) is 16.9 Å². The predicted octanol–water partition coefficient (Wildman–Crippen LogP) is 4.18. The molecule has 8 heteroatoms. The summed E-state index contributed by atoms with van der Waals surface area (Å²) in [6.07, 6.45) is 1.94. The number of aryl methyl sites for hydroxylation is 1. The third-order valence-corrected chi connectivity index (χ3v) is 5.66. The molecule has 3 heterocycles. The van der Waals surface area contributed by atoms with Crippen LogP contribution in [0.2, 0.25) is 5.02 Å². The van der Waals surface area contributed by atoms with E-state index in [0.717, 1.165) is 22.6 Å². The van der Waals surface area contributed by atoms with E-state index in [2.05, 4.69) is 32.4 Å². The van der Waals surface area contributed by atoms with Gasteiger partial charge in [0.15, 0.2) is 0 Å². The Morgan fingerprint density at radius 1 is 1.15 bits per heavy atom. The maximum Gasteiger partial charge on any atom is 0.242 e. The van der Waals surface area contributed by atoms with Crippen LogP contribution < -0.4 is 10.6 Å². The lowest BCUT2D eigenvalue weighted by Crippen LogP contribution is -2.35. The number of halogens is 1. The Kier molecular flexibility index (Phi) is 6.60. The van der Waals surface area contributed by atoms with E-state index in [9.17, 15) is 4.79 Å². The topological polar surface area (TPSA) is 95.1 Å². The molecule has 7 nitrogen and oxygen atoms in total. The van der Waals surface area contributed by atoms with Crippen molar-refractivity contribution in [1.29, 1.82) is 5.26 Å². The van der Waals surface area contributed by atoms with Gasteiger partial charge in [0.25, 0.3) is 0 Å². The molecular weight excluding hydrogens is 448 g/mol. The Morgan fingerprint density at radius 2 is 1.97 bits per heavy atom. The quantitative estimate of drug-likeness (QED) is 0.438. The van der Waals surface area contributed by atoms with E-state index >= 15 is 0 Å². The molecule has 0 radical (unpaired) electrons. The zero-order chi connectivity index (χ0) is 24.2. The maximum atomic E-state index is 12.4. The number of carbonyl (C=O) groups excluding carboxylic acids is 1. The van der Waals surface area contributed by atoms with Crippen LogP contribution in [-0.4, -0.2) is 33.4 Å². The molecule has 0 saturated carbocycles. The standard InChI is InChI=1S/C26H21ClN6O/c1-16-25(33-13-5-4-6-24(33)30-16)20-10-12-23(32-26(34)17(2)29-3)31-22(20)11-8-18-7-9-19(15-28)21(27)14-18/h4-7,9-10,12-14,17,29H,1-3H3,(H,31,32,34). The first-order valence-electron chi connectivity index (χ1n) is 10.6. The maximum absolute atomic E-state index is 12.4. The van der Waals surface area contributed by atoms with Gasteiger partial charge in [-0.2, -0.15) is 5.26 Å². The molecule has 0 aliphatic carbocycles. The van der Waals surface area contributed by atoms with E-state index in [0.29, 0.717) is 27.7 Å². The van der Waals surface area contributed by atoms with Gasteiger partial charge in [0.2, 0.25) is 5.91 Å². The fourth-order valence-corrected chi connectivity index (χ4v) is 3.66. The number of nitrogens with one attached hydrogen (secondary N) is 2. The van der Waals surface area contributed by atoms with Crippen molar-refractivity contribution >= 4 is 29.0 Å². The van der Waals surface area contributed by atoms with Gasteiger partial charge < -0.3 is 10.6 Å². The molecule has 34 heavy (non-hydrogen) atoms. The smallest absolute Gasteiger partial charge is 0.242 e. The van der Waals surface area contributed by atoms with Gasteiger partial charge in [0, 0.05) is 17.3 Å². The SMILES string of the molecule is CNC(C)C(=O)Nc1ccc(-c2c(C)nc3ccccn23)c(C#Cc2ccc(C#N)c(Cl)c2)n1. The molecule has 0 spiro atoms. The van der Waals surface area contributed by atoms with E-state index < -0.39 is 0 Å². The van der Waals surface area contributed by atoms with Gasteiger partial charge in [0.05, 0.1) is 28.0 Å². The van der Waals surface area contributed by atoms with E-state index in [1.807, 2.05) is 47.9 Å². The molecule has 0 fully saturated rings. The molecular formula is C26H21ClN6O. The van der Waals surface area contributed by atoms with Crippen molar-refractivity contribution in [3.8, 4) is 29.2 Å². The van der Waals surface area contributed by atoms with Crippen molar-refractivity contribution in [3.05, 3.63) is 82.3 Å². The average Bonchev–Trinajstić information content (AvgIpc) is 3.17. The highest BCUT2D eigenvalue weighted by atomic mass is 35.5. The molecule has 0 aliphatic heterocycles. The number of pyridine rings is 2. The number of aromatic nitrogens is 3. The number of anilines is 1. The minimum atomic E-state index is -0.377. The van der Waals surface area contributed by atoms with Crippen molar-refractivity contribution in [3.63, 3.8) is 0 Å². The number of fused-ring (bicyclic) bond motifs is 1. The Bertz CT molecular complexity index is 1510. The predicted molar refractivity (Wildman–Crippen MR) is 132 cm³/mol. The first-order valence-corrected chi connectivity index (χ1v) is 10.9. The lowest BCUT2D eigenvalue weighted by molar-refractivity contribution is -0.117. The van der Waals surface area contributed by atoms with Gasteiger partial charge >= 0.3 is 0 Å². The number of likely N-dealkylation sites (N-methyl/N-ethyl adjacent to an activating group) is 1. The van der Waals surface area contributed by atoms with E-state index in [4.69, 9.17) is 16.9 Å². The van der Waals surface area contributed by atoms with Gasteiger partial charge in [-0.1, -0.05) is 23.6 Å². The Labute approximate surface area is 202 Å². The molecule has 4 aromatic rings. The summed E-state index contributed by atoms with van der Waals surface area (Å²) in [6, 6.07) is 16.1. The van der Waals surface area contributed by atoms with Crippen LogP contribution in [-0.2, 0) is 4.79 Å². The van der Waals surface area contributed by atoms with Crippen molar-refractivity contribution in [2.24, 2.45) is 0 Å². The van der Waals surface area contributed by atoms with Crippen LogP contribution in [0.3, 0.4) is 0 Å². The Balaban J connectivity index is 1.84. The third kappa shape index (κ3) is 4.62. The van der Waals surface area contributed by atoms with Gasteiger partial charge in [-0.25, -0.2) is 9.97 Å². The zero-order valence-corrected chi connectivity index (χ0v) is 19.6. The molecule has 1 unspecified atom stereocenters. The molecule has 2 N–H and O–H groups in total. The van der Waals surface area contributed by atoms with E-state index in [1.54, 1.807) is 38.2 Å². The van der Waals surface area contributed by atoms with Crippen LogP contribution in [0.5, 0.6) is 0 Å². The second kappa shape index (κ2) is 9.76.